The monoisotopic (exact) mass is 409 g/mol. The molecule has 4 rings (SSSR count). The quantitative estimate of drug-likeness (QED) is 0.598. The van der Waals surface area contributed by atoms with Gasteiger partial charge in [0.2, 0.25) is 0 Å². The average Bonchev–Trinajstić information content (AvgIpc) is 2.80. The highest BCUT2D eigenvalue weighted by atomic mass is 16.5. The number of ether oxygens (including phenoxy) is 3. The van der Waals surface area contributed by atoms with Crippen LogP contribution >= 0.6 is 0 Å². The summed E-state index contributed by atoms with van der Waals surface area (Å²) in [6.45, 7) is 2.78. The van der Waals surface area contributed by atoms with E-state index in [9.17, 15) is 9.59 Å². The molecule has 0 N–H and O–H groups in total. The standard InChI is InChI=1S/C22H23N3O5/c1-24-12-17(14-8-19(28-2)18(13-26)20(9-14)29-3)15-10-21(23-11-16(15)22(24)27)25-4-6-30-7-5-25/h8-13H,4-7H2,1-3H3. The smallest absolute Gasteiger partial charge is 0.259 e. The first-order valence-corrected chi connectivity index (χ1v) is 9.61. The van der Waals surface area contributed by atoms with Gasteiger partial charge in [-0.2, -0.15) is 0 Å². The largest absolute Gasteiger partial charge is 0.496 e. The van der Waals surface area contributed by atoms with Crippen molar-refractivity contribution in [2.45, 2.75) is 0 Å². The van der Waals surface area contributed by atoms with Crippen molar-refractivity contribution < 1.29 is 19.0 Å². The van der Waals surface area contributed by atoms with Gasteiger partial charge in [0, 0.05) is 43.5 Å². The third-order valence-corrected chi connectivity index (χ3v) is 5.36. The van der Waals surface area contributed by atoms with Crippen LogP contribution in [0.3, 0.4) is 0 Å². The molecule has 0 atom stereocenters. The minimum atomic E-state index is -0.127. The molecule has 0 saturated carbocycles. The van der Waals surface area contributed by atoms with E-state index in [0.717, 1.165) is 35.4 Å². The molecule has 8 nitrogen and oxygen atoms in total. The Balaban J connectivity index is 1.97. The van der Waals surface area contributed by atoms with Gasteiger partial charge in [-0.15, -0.1) is 0 Å². The van der Waals surface area contributed by atoms with E-state index in [1.165, 1.54) is 18.8 Å². The van der Waals surface area contributed by atoms with Gasteiger partial charge in [-0.05, 0) is 23.8 Å². The molecule has 1 fully saturated rings. The van der Waals surface area contributed by atoms with Crippen molar-refractivity contribution in [3.63, 3.8) is 0 Å². The van der Waals surface area contributed by atoms with Crippen molar-refractivity contribution in [2.24, 2.45) is 7.05 Å². The maximum Gasteiger partial charge on any atom is 0.259 e. The van der Waals surface area contributed by atoms with Crippen LogP contribution in [-0.4, -0.2) is 56.4 Å². The Labute approximate surface area is 173 Å². The molecule has 0 bridgehead atoms. The fourth-order valence-electron chi connectivity index (χ4n) is 3.76. The maximum atomic E-state index is 12.7. The molecule has 0 amide bonds. The fraction of sp³-hybridized carbons (Fsp3) is 0.318. The number of rotatable bonds is 5. The number of benzene rings is 1. The lowest BCUT2D eigenvalue weighted by molar-refractivity contribution is 0.111. The summed E-state index contributed by atoms with van der Waals surface area (Å²) < 4.78 is 17.8. The molecule has 0 unspecified atom stereocenters. The molecule has 3 heterocycles. The second-order valence-electron chi connectivity index (χ2n) is 7.06. The topological polar surface area (TPSA) is 82.9 Å². The summed E-state index contributed by atoms with van der Waals surface area (Å²) in [5, 5.41) is 1.29. The van der Waals surface area contributed by atoms with Crippen molar-refractivity contribution in [3.05, 3.63) is 46.5 Å². The number of fused-ring (bicyclic) bond motifs is 1. The number of hydrogen-bond donors (Lipinski definition) is 0. The van der Waals surface area contributed by atoms with Crippen LogP contribution < -0.4 is 19.9 Å². The summed E-state index contributed by atoms with van der Waals surface area (Å²) in [4.78, 5) is 30.9. The lowest BCUT2D eigenvalue weighted by Gasteiger charge is -2.28. The number of aldehydes is 1. The van der Waals surface area contributed by atoms with Gasteiger partial charge < -0.3 is 23.7 Å². The fourth-order valence-corrected chi connectivity index (χ4v) is 3.76. The van der Waals surface area contributed by atoms with Crippen molar-refractivity contribution in [3.8, 4) is 22.6 Å². The number of hydrogen-bond acceptors (Lipinski definition) is 7. The van der Waals surface area contributed by atoms with Crippen LogP contribution in [0.15, 0.2) is 35.4 Å². The first-order chi connectivity index (χ1) is 14.6. The third kappa shape index (κ3) is 3.39. The van der Waals surface area contributed by atoms with E-state index in [-0.39, 0.29) is 5.56 Å². The molecule has 3 aromatic rings. The van der Waals surface area contributed by atoms with Gasteiger partial charge in [0.05, 0.1) is 38.4 Å². The summed E-state index contributed by atoms with van der Waals surface area (Å²) in [5.74, 6) is 1.61. The lowest BCUT2D eigenvalue weighted by atomic mass is 9.99. The molecule has 1 aliphatic rings. The van der Waals surface area contributed by atoms with Gasteiger partial charge in [-0.25, -0.2) is 4.98 Å². The number of anilines is 1. The van der Waals surface area contributed by atoms with E-state index >= 15 is 0 Å². The van der Waals surface area contributed by atoms with Crippen LogP contribution in [-0.2, 0) is 11.8 Å². The van der Waals surface area contributed by atoms with Gasteiger partial charge >= 0.3 is 0 Å². The lowest BCUT2D eigenvalue weighted by Crippen LogP contribution is -2.36. The SMILES string of the molecule is COc1cc(-c2cn(C)c(=O)c3cnc(N4CCOCC4)cc23)cc(OC)c1C=O. The van der Waals surface area contributed by atoms with Crippen LogP contribution in [0.5, 0.6) is 11.5 Å². The molecular weight excluding hydrogens is 386 g/mol. The number of methoxy groups -OCH3 is 2. The molecule has 1 saturated heterocycles. The highest BCUT2D eigenvalue weighted by molar-refractivity contribution is 5.98. The number of carbonyl (C=O) groups excluding carboxylic acids is 1. The van der Waals surface area contributed by atoms with Crippen molar-refractivity contribution in [1.82, 2.24) is 9.55 Å². The molecular formula is C22H23N3O5. The van der Waals surface area contributed by atoms with Crippen LogP contribution in [0.25, 0.3) is 21.9 Å². The van der Waals surface area contributed by atoms with E-state index in [2.05, 4.69) is 9.88 Å². The first kappa shape index (κ1) is 19.9. The van der Waals surface area contributed by atoms with Crippen LogP contribution in [0.4, 0.5) is 5.82 Å². The van der Waals surface area contributed by atoms with Crippen molar-refractivity contribution in [1.29, 1.82) is 0 Å². The summed E-state index contributed by atoms with van der Waals surface area (Å²) in [7, 11) is 4.71. The first-order valence-electron chi connectivity index (χ1n) is 9.61. The zero-order chi connectivity index (χ0) is 21.3. The van der Waals surface area contributed by atoms with Crippen molar-refractivity contribution >= 4 is 22.9 Å². The zero-order valence-corrected chi connectivity index (χ0v) is 17.2. The van der Waals surface area contributed by atoms with E-state index in [4.69, 9.17) is 14.2 Å². The van der Waals surface area contributed by atoms with Gasteiger partial charge in [0.1, 0.15) is 17.3 Å². The van der Waals surface area contributed by atoms with Gasteiger partial charge in [0.15, 0.2) is 6.29 Å². The second kappa shape index (κ2) is 8.16. The Morgan fingerprint density at radius 3 is 2.33 bits per heavy atom. The van der Waals surface area contributed by atoms with E-state index in [1.807, 2.05) is 6.07 Å². The van der Waals surface area contributed by atoms with Gasteiger partial charge in [-0.3, -0.25) is 9.59 Å². The molecule has 1 aliphatic heterocycles. The second-order valence-corrected chi connectivity index (χ2v) is 7.06. The number of nitrogens with zero attached hydrogens (tertiary/aromatic N) is 3. The molecule has 2 aromatic heterocycles. The summed E-state index contributed by atoms with van der Waals surface area (Å²) in [6, 6.07) is 5.49. The summed E-state index contributed by atoms with van der Waals surface area (Å²) in [5.41, 5.74) is 1.80. The number of aryl methyl sites for hydroxylation is 1. The van der Waals surface area contributed by atoms with Crippen LogP contribution in [0.2, 0.25) is 0 Å². The van der Waals surface area contributed by atoms with Crippen LogP contribution in [0, 0.1) is 0 Å². The maximum absolute atomic E-state index is 12.7. The Hall–Kier alpha value is -3.39. The highest BCUT2D eigenvalue weighted by Gasteiger charge is 2.18. The summed E-state index contributed by atoms with van der Waals surface area (Å²) >= 11 is 0. The molecule has 156 valence electrons. The van der Waals surface area contributed by atoms with E-state index in [1.54, 1.807) is 31.6 Å². The van der Waals surface area contributed by atoms with E-state index < -0.39 is 0 Å². The average molecular weight is 409 g/mol. The molecule has 8 heteroatoms. The van der Waals surface area contributed by atoms with Crippen molar-refractivity contribution in [2.75, 3.05) is 45.4 Å². The molecule has 0 aliphatic carbocycles. The van der Waals surface area contributed by atoms with Crippen LogP contribution in [0.1, 0.15) is 10.4 Å². The minimum Gasteiger partial charge on any atom is -0.496 e. The number of aromatic nitrogens is 2. The Morgan fingerprint density at radius 1 is 1.07 bits per heavy atom. The molecule has 0 radical (unpaired) electrons. The van der Waals surface area contributed by atoms with Gasteiger partial charge in [-0.1, -0.05) is 0 Å². The van der Waals surface area contributed by atoms with Gasteiger partial charge in [0.25, 0.3) is 5.56 Å². The molecule has 30 heavy (non-hydrogen) atoms. The predicted molar refractivity (Wildman–Crippen MR) is 114 cm³/mol. The normalized spacial score (nSPS) is 14.0. The minimum absolute atomic E-state index is 0.127. The highest BCUT2D eigenvalue weighted by Crippen LogP contribution is 2.36. The summed E-state index contributed by atoms with van der Waals surface area (Å²) in [6.07, 6.45) is 4.11. The number of morpholine rings is 1. The predicted octanol–water partition coefficient (Wildman–Crippen LogP) is 2.27. The number of carbonyl (C=O) groups is 1. The Bertz CT molecular complexity index is 1140. The third-order valence-electron chi connectivity index (χ3n) is 5.36. The Morgan fingerprint density at radius 2 is 1.73 bits per heavy atom. The number of pyridine rings is 2. The van der Waals surface area contributed by atoms with E-state index in [0.29, 0.717) is 41.9 Å². The zero-order valence-electron chi connectivity index (χ0n) is 17.2. The molecule has 1 aromatic carbocycles. The molecule has 0 spiro atoms. The Kier molecular flexibility index (Phi) is 5.41.